The molecule has 10 rings (SSSR count). The van der Waals surface area contributed by atoms with E-state index in [-0.39, 0.29) is 0 Å². The van der Waals surface area contributed by atoms with E-state index in [9.17, 15) is 0 Å². The first kappa shape index (κ1) is 29.2. The van der Waals surface area contributed by atoms with Crippen molar-refractivity contribution < 1.29 is 9.47 Å². The molecular weight excluding hydrogens is 649 g/mol. The third-order valence-electron chi connectivity index (χ3n) is 9.26. The Labute approximate surface area is 299 Å². The minimum atomic E-state index is 0.724. The molecule has 0 spiro atoms. The van der Waals surface area contributed by atoms with E-state index in [0.29, 0.717) is 0 Å². The molecule has 2 aliphatic heterocycles. The van der Waals surface area contributed by atoms with E-state index >= 15 is 0 Å². The van der Waals surface area contributed by atoms with Crippen molar-refractivity contribution in [2.24, 2.45) is 0 Å². The van der Waals surface area contributed by atoms with Crippen LogP contribution in [0, 0.1) is 0 Å². The number of benzene rings is 7. The van der Waals surface area contributed by atoms with Crippen molar-refractivity contribution in [2.45, 2.75) is 0 Å². The summed E-state index contributed by atoms with van der Waals surface area (Å²) in [5.74, 6) is 4.08. The number of ether oxygens (including phenoxy) is 2. The number of rotatable bonds is 5. The average Bonchev–Trinajstić information content (AvgIpc) is 3.70. The number of para-hydroxylation sites is 8. The lowest BCUT2D eigenvalue weighted by molar-refractivity contribution is 0.477. The summed E-state index contributed by atoms with van der Waals surface area (Å²) in [7, 11) is 0. The predicted octanol–water partition coefficient (Wildman–Crippen LogP) is 12.7. The summed E-state index contributed by atoms with van der Waals surface area (Å²) in [6.45, 7) is 0. The predicted molar refractivity (Wildman–Crippen MR) is 206 cm³/mol. The first-order chi connectivity index (χ1) is 25.3. The second-order valence-corrected chi connectivity index (χ2v) is 13.1. The molecule has 2 aliphatic rings. The highest BCUT2D eigenvalue weighted by Gasteiger charge is 2.26. The topological polar surface area (TPSA) is 50.7 Å². The third kappa shape index (κ3) is 5.10. The molecule has 0 amide bonds. The Morgan fingerprint density at radius 2 is 0.725 bits per heavy atom. The van der Waals surface area contributed by atoms with Crippen LogP contribution in [0.1, 0.15) is 0 Å². The minimum absolute atomic E-state index is 0.724. The van der Waals surface area contributed by atoms with Crippen LogP contribution < -0.4 is 19.3 Å². The van der Waals surface area contributed by atoms with Gasteiger partial charge in [0.15, 0.2) is 28.8 Å². The van der Waals surface area contributed by atoms with Crippen LogP contribution in [0.2, 0.25) is 0 Å². The number of hydrogen-bond acceptors (Lipinski definition) is 7. The molecule has 0 saturated carbocycles. The molecule has 51 heavy (non-hydrogen) atoms. The molecule has 3 heterocycles. The average molecular weight is 677 g/mol. The number of nitrogens with zero attached hydrogens (tertiary/aromatic N) is 4. The zero-order valence-corrected chi connectivity index (χ0v) is 28.0. The minimum Gasteiger partial charge on any atom is -0.453 e. The molecule has 0 N–H and O–H groups in total. The maximum absolute atomic E-state index is 6.19. The molecule has 1 aromatic heterocycles. The SMILES string of the molecule is c1ccc2c(c1)Oc1ccccc1N2c1ccc(-c2ccc(-c3nsc(-c4ccc(N5c6ccccc6Oc6ccccc65)cc4)n3)cc2)cc1. The molecule has 0 atom stereocenters. The molecule has 7 heteroatoms. The smallest absolute Gasteiger partial charge is 0.173 e. The van der Waals surface area contributed by atoms with Crippen LogP contribution in [0.5, 0.6) is 23.0 Å². The van der Waals surface area contributed by atoms with Gasteiger partial charge >= 0.3 is 0 Å². The quantitative estimate of drug-likeness (QED) is 0.181. The molecule has 0 aliphatic carbocycles. The van der Waals surface area contributed by atoms with Gasteiger partial charge in [0.25, 0.3) is 0 Å². The first-order valence-corrected chi connectivity index (χ1v) is 17.5. The summed E-state index contributed by atoms with van der Waals surface area (Å²) in [6.07, 6.45) is 0. The molecule has 8 aromatic rings. The summed E-state index contributed by atoms with van der Waals surface area (Å²) >= 11 is 1.41. The van der Waals surface area contributed by atoms with Crippen molar-refractivity contribution in [3.63, 3.8) is 0 Å². The van der Waals surface area contributed by atoms with Crippen molar-refractivity contribution in [1.29, 1.82) is 0 Å². The van der Waals surface area contributed by atoms with Crippen LogP contribution in [0.3, 0.4) is 0 Å². The van der Waals surface area contributed by atoms with Gasteiger partial charge in [0.05, 0.1) is 22.7 Å². The van der Waals surface area contributed by atoms with E-state index in [0.717, 1.165) is 90.2 Å². The van der Waals surface area contributed by atoms with Crippen molar-refractivity contribution >= 4 is 45.7 Å². The summed E-state index contributed by atoms with van der Waals surface area (Å²) < 4.78 is 17.1. The van der Waals surface area contributed by atoms with E-state index in [2.05, 4.69) is 107 Å². The monoisotopic (exact) mass is 676 g/mol. The van der Waals surface area contributed by atoms with Gasteiger partial charge < -0.3 is 19.3 Å². The maximum atomic E-state index is 6.19. The zero-order chi connectivity index (χ0) is 33.7. The second-order valence-electron chi connectivity index (χ2n) is 12.3. The van der Waals surface area contributed by atoms with E-state index in [1.807, 2.05) is 72.8 Å². The van der Waals surface area contributed by atoms with E-state index < -0.39 is 0 Å². The summed E-state index contributed by atoms with van der Waals surface area (Å²) in [5, 5.41) is 0.880. The fourth-order valence-corrected chi connectivity index (χ4v) is 7.48. The lowest BCUT2D eigenvalue weighted by Crippen LogP contribution is -2.15. The normalized spacial score (nSPS) is 12.5. The van der Waals surface area contributed by atoms with Gasteiger partial charge in [0.1, 0.15) is 5.01 Å². The van der Waals surface area contributed by atoms with Crippen molar-refractivity contribution in [2.75, 3.05) is 9.80 Å². The van der Waals surface area contributed by atoms with Gasteiger partial charge in [-0.05, 0) is 108 Å². The van der Waals surface area contributed by atoms with Gasteiger partial charge in [-0.15, -0.1) is 0 Å². The number of hydrogen-bond donors (Lipinski definition) is 0. The van der Waals surface area contributed by atoms with Gasteiger partial charge in [-0.25, -0.2) is 4.98 Å². The standard InChI is InChI=1S/C44H28N4O2S/c1-5-13-39-35(9-1)47(36-10-2-6-14-40(36)49-39)33-25-21-30(22-26-33)29-17-19-31(20-18-29)43-45-44(51-46-43)32-23-27-34(28-24-32)48-37-11-3-7-15-41(37)50-42-16-8-4-12-38(42)48/h1-28H. The fourth-order valence-electron chi connectivity index (χ4n) is 6.79. The summed E-state index contributed by atoms with van der Waals surface area (Å²) in [5.41, 5.74) is 10.5. The Morgan fingerprint density at radius 3 is 1.16 bits per heavy atom. The second kappa shape index (κ2) is 12.0. The van der Waals surface area contributed by atoms with E-state index in [4.69, 9.17) is 18.8 Å². The Hall–Kier alpha value is -6.70. The largest absolute Gasteiger partial charge is 0.453 e. The summed E-state index contributed by atoms with van der Waals surface area (Å²) in [6, 6.07) is 58.1. The molecule has 0 saturated heterocycles. The zero-order valence-electron chi connectivity index (χ0n) is 27.2. The molecule has 0 bridgehead atoms. The van der Waals surface area contributed by atoms with Crippen LogP contribution in [0.25, 0.3) is 33.1 Å². The molecule has 242 valence electrons. The third-order valence-corrected chi connectivity index (χ3v) is 10.0. The highest BCUT2D eigenvalue weighted by Crippen LogP contribution is 2.51. The van der Waals surface area contributed by atoms with Gasteiger partial charge in [0.2, 0.25) is 0 Å². The number of anilines is 6. The highest BCUT2D eigenvalue weighted by molar-refractivity contribution is 7.09. The van der Waals surface area contributed by atoms with Crippen LogP contribution >= 0.6 is 11.5 Å². The summed E-state index contributed by atoms with van der Waals surface area (Å²) in [4.78, 5) is 9.41. The molecule has 7 aromatic carbocycles. The van der Waals surface area contributed by atoms with Crippen molar-refractivity contribution in [3.05, 3.63) is 170 Å². The lowest BCUT2D eigenvalue weighted by Gasteiger charge is -2.32. The first-order valence-electron chi connectivity index (χ1n) is 16.7. The van der Waals surface area contributed by atoms with Crippen LogP contribution in [0.4, 0.5) is 34.1 Å². The highest BCUT2D eigenvalue weighted by atomic mass is 32.1. The van der Waals surface area contributed by atoms with Gasteiger partial charge in [0, 0.05) is 22.5 Å². The fraction of sp³-hybridized carbons (Fsp3) is 0. The number of fused-ring (bicyclic) bond motifs is 4. The van der Waals surface area contributed by atoms with Crippen LogP contribution in [-0.2, 0) is 0 Å². The Bertz CT molecular complexity index is 2460. The van der Waals surface area contributed by atoms with E-state index in [1.165, 1.54) is 11.5 Å². The molecule has 0 fully saturated rings. The van der Waals surface area contributed by atoms with Gasteiger partial charge in [-0.2, -0.15) is 4.37 Å². The lowest BCUT2D eigenvalue weighted by atomic mass is 10.0. The number of aromatic nitrogens is 2. The molecule has 6 nitrogen and oxygen atoms in total. The van der Waals surface area contributed by atoms with Gasteiger partial charge in [-0.1, -0.05) is 84.9 Å². The van der Waals surface area contributed by atoms with Crippen molar-refractivity contribution in [1.82, 2.24) is 9.36 Å². The Kier molecular flexibility index (Phi) is 6.89. The van der Waals surface area contributed by atoms with E-state index in [1.54, 1.807) is 0 Å². The van der Waals surface area contributed by atoms with Crippen LogP contribution in [-0.4, -0.2) is 9.36 Å². The Morgan fingerprint density at radius 1 is 0.373 bits per heavy atom. The maximum Gasteiger partial charge on any atom is 0.173 e. The van der Waals surface area contributed by atoms with Crippen molar-refractivity contribution in [3.8, 4) is 56.1 Å². The molecular formula is C44H28N4O2S. The van der Waals surface area contributed by atoms with Crippen LogP contribution in [0.15, 0.2) is 170 Å². The Balaban J connectivity index is 0.884. The molecule has 0 unspecified atom stereocenters. The molecule has 0 radical (unpaired) electrons. The van der Waals surface area contributed by atoms with Gasteiger partial charge in [-0.3, -0.25) is 0 Å².